The maximum Gasteiger partial charge on any atom is 0.151 e. The van der Waals surface area contributed by atoms with Gasteiger partial charge in [0.05, 0.1) is 11.9 Å². The largest absolute Gasteiger partial charge is 0.507 e. The van der Waals surface area contributed by atoms with Gasteiger partial charge in [-0.3, -0.25) is 5.10 Å². The smallest absolute Gasteiger partial charge is 0.151 e. The maximum absolute atomic E-state index is 14.7. The van der Waals surface area contributed by atoms with Crippen LogP contribution in [0.15, 0.2) is 36.7 Å². The Bertz CT molecular complexity index is 1120. The van der Waals surface area contributed by atoms with Crippen LogP contribution in [0.25, 0.3) is 22.4 Å². The van der Waals surface area contributed by atoms with Gasteiger partial charge in [0.15, 0.2) is 5.82 Å². The number of aromatic nitrogens is 4. The summed E-state index contributed by atoms with van der Waals surface area (Å²) in [4.78, 5) is 2.00. The number of aromatic amines is 1. The molecule has 2 bridgehead atoms. The third kappa shape index (κ3) is 4.06. The Morgan fingerprint density at radius 2 is 1.88 bits per heavy atom. The monoisotopic (exact) mass is 454 g/mol. The molecule has 174 valence electrons. The highest BCUT2D eigenvalue weighted by Gasteiger charge is 2.49. The molecular formula is C24H28F2N6O. The Morgan fingerprint density at radius 1 is 1.12 bits per heavy atom. The van der Waals surface area contributed by atoms with E-state index in [-0.39, 0.29) is 40.5 Å². The molecule has 5 rings (SSSR count). The fourth-order valence-electron chi connectivity index (χ4n) is 5.63. The van der Waals surface area contributed by atoms with Gasteiger partial charge in [-0.1, -0.05) is 0 Å². The van der Waals surface area contributed by atoms with Crippen molar-refractivity contribution in [1.82, 2.24) is 25.7 Å². The number of benzene rings is 1. The number of nitrogens with zero attached hydrogens (tertiary/aromatic N) is 4. The minimum absolute atomic E-state index is 0.0413. The zero-order valence-electron chi connectivity index (χ0n) is 18.8. The molecule has 2 aromatic heterocycles. The molecule has 2 saturated heterocycles. The first-order valence-electron chi connectivity index (χ1n) is 11.3. The molecule has 33 heavy (non-hydrogen) atoms. The van der Waals surface area contributed by atoms with E-state index in [2.05, 4.69) is 39.6 Å². The predicted octanol–water partition coefficient (Wildman–Crippen LogP) is 4.22. The number of hydrogen-bond acceptors (Lipinski definition) is 6. The highest BCUT2D eigenvalue weighted by molar-refractivity contribution is 5.74. The summed E-state index contributed by atoms with van der Waals surface area (Å²) in [6.07, 6.45) is 7.07. The molecule has 3 atom stereocenters. The van der Waals surface area contributed by atoms with Gasteiger partial charge in [-0.25, -0.2) is 8.78 Å². The zero-order chi connectivity index (χ0) is 23.2. The van der Waals surface area contributed by atoms with Gasteiger partial charge < -0.3 is 15.3 Å². The molecule has 2 fully saturated rings. The van der Waals surface area contributed by atoms with Crippen molar-refractivity contribution in [2.24, 2.45) is 0 Å². The van der Waals surface area contributed by atoms with Crippen LogP contribution in [0.1, 0.15) is 39.5 Å². The van der Waals surface area contributed by atoms with Crippen LogP contribution in [0.5, 0.6) is 5.75 Å². The van der Waals surface area contributed by atoms with Crippen molar-refractivity contribution < 1.29 is 13.9 Å². The lowest BCUT2D eigenvalue weighted by atomic mass is 9.84. The van der Waals surface area contributed by atoms with Crippen LogP contribution in [0.4, 0.5) is 14.6 Å². The van der Waals surface area contributed by atoms with Gasteiger partial charge in [0.1, 0.15) is 18.2 Å². The fourth-order valence-corrected chi connectivity index (χ4v) is 5.63. The number of H-pyrrole nitrogens is 1. The van der Waals surface area contributed by atoms with Crippen molar-refractivity contribution in [3.63, 3.8) is 0 Å². The second kappa shape index (κ2) is 8.06. The van der Waals surface area contributed by atoms with Crippen LogP contribution in [0, 0.1) is 5.82 Å². The molecule has 2 aliphatic heterocycles. The number of hydrogen-bond donors (Lipinski definition) is 3. The Kier molecular flexibility index (Phi) is 5.31. The van der Waals surface area contributed by atoms with Gasteiger partial charge in [-0.15, -0.1) is 10.2 Å². The van der Waals surface area contributed by atoms with E-state index in [1.807, 2.05) is 4.90 Å². The van der Waals surface area contributed by atoms with Crippen LogP contribution in [-0.4, -0.2) is 55.8 Å². The number of halogens is 2. The third-order valence-electron chi connectivity index (χ3n) is 7.09. The quantitative estimate of drug-likeness (QED) is 0.517. The number of fused-ring (bicyclic) bond motifs is 2. The minimum atomic E-state index is -0.499. The van der Waals surface area contributed by atoms with Gasteiger partial charge in [-0.05, 0) is 63.8 Å². The van der Waals surface area contributed by atoms with Crippen molar-refractivity contribution in [1.29, 1.82) is 0 Å². The van der Waals surface area contributed by atoms with Gasteiger partial charge in [0, 0.05) is 46.6 Å². The highest BCUT2D eigenvalue weighted by Crippen LogP contribution is 2.44. The van der Waals surface area contributed by atoms with E-state index in [0.717, 1.165) is 25.7 Å². The Hall–Kier alpha value is -3.07. The lowest BCUT2D eigenvalue weighted by molar-refractivity contribution is 0.203. The van der Waals surface area contributed by atoms with Crippen molar-refractivity contribution in [3.8, 4) is 28.1 Å². The number of rotatable bonds is 6. The van der Waals surface area contributed by atoms with E-state index in [0.29, 0.717) is 17.1 Å². The summed E-state index contributed by atoms with van der Waals surface area (Å²) in [7, 11) is 0. The van der Waals surface area contributed by atoms with E-state index in [1.54, 1.807) is 18.3 Å². The van der Waals surface area contributed by atoms with E-state index in [4.69, 9.17) is 0 Å². The molecule has 1 aromatic carbocycles. The summed E-state index contributed by atoms with van der Waals surface area (Å²) < 4.78 is 28.2. The third-order valence-corrected chi connectivity index (χ3v) is 7.09. The molecule has 0 spiro atoms. The Balaban J connectivity index is 1.42. The van der Waals surface area contributed by atoms with Gasteiger partial charge in [-0.2, -0.15) is 5.10 Å². The normalized spacial score (nSPS) is 26.5. The highest BCUT2D eigenvalue weighted by atomic mass is 19.1. The van der Waals surface area contributed by atoms with Crippen LogP contribution >= 0.6 is 0 Å². The van der Waals surface area contributed by atoms with Crippen molar-refractivity contribution in [2.75, 3.05) is 18.1 Å². The number of piperidine rings is 1. The topological polar surface area (TPSA) is 90.0 Å². The van der Waals surface area contributed by atoms with E-state index >= 15 is 0 Å². The van der Waals surface area contributed by atoms with Crippen LogP contribution in [-0.2, 0) is 0 Å². The number of alkyl halides is 1. The molecule has 9 heteroatoms. The fraction of sp³-hybridized carbons (Fsp3) is 0.458. The average molecular weight is 455 g/mol. The lowest BCUT2D eigenvalue weighted by Gasteiger charge is -2.46. The van der Waals surface area contributed by atoms with E-state index < -0.39 is 12.5 Å². The van der Waals surface area contributed by atoms with Crippen molar-refractivity contribution in [3.05, 3.63) is 42.5 Å². The SMILES string of the molecule is C[C@]12CC[C@](C)(C[C@H](N(CCF)c3ccc(-c4cc(F)c(-c5cn[nH]c5)cc4O)nn3)C1)N2. The second-order valence-corrected chi connectivity index (χ2v) is 9.80. The number of phenols is 1. The summed E-state index contributed by atoms with van der Waals surface area (Å²) in [6, 6.07) is 6.21. The van der Waals surface area contributed by atoms with Crippen LogP contribution in [0.3, 0.4) is 0 Å². The molecule has 7 nitrogen and oxygen atoms in total. The van der Waals surface area contributed by atoms with Gasteiger partial charge in [0.25, 0.3) is 0 Å². The summed E-state index contributed by atoms with van der Waals surface area (Å²) in [5, 5.41) is 29.3. The van der Waals surface area contributed by atoms with Crippen molar-refractivity contribution in [2.45, 2.75) is 56.7 Å². The first-order chi connectivity index (χ1) is 15.8. The number of aromatic hydroxyl groups is 1. The average Bonchev–Trinajstić information content (AvgIpc) is 3.39. The molecule has 4 heterocycles. The molecule has 0 amide bonds. The molecular weight excluding hydrogens is 426 g/mol. The van der Waals surface area contributed by atoms with E-state index in [9.17, 15) is 13.9 Å². The number of anilines is 1. The summed E-state index contributed by atoms with van der Waals surface area (Å²) in [5.41, 5.74) is 1.45. The number of nitrogens with one attached hydrogen (secondary N) is 2. The molecule has 0 radical (unpaired) electrons. The molecule has 3 aromatic rings. The van der Waals surface area contributed by atoms with Gasteiger partial charge >= 0.3 is 0 Å². The van der Waals surface area contributed by atoms with E-state index in [1.165, 1.54) is 18.3 Å². The Labute approximate surface area is 191 Å². The van der Waals surface area contributed by atoms with Crippen LogP contribution < -0.4 is 10.2 Å². The zero-order valence-corrected chi connectivity index (χ0v) is 18.8. The van der Waals surface area contributed by atoms with Crippen LogP contribution in [0.2, 0.25) is 0 Å². The molecule has 3 N–H and O–H groups in total. The Morgan fingerprint density at radius 3 is 2.48 bits per heavy atom. The molecule has 0 aliphatic carbocycles. The minimum Gasteiger partial charge on any atom is -0.507 e. The summed E-state index contributed by atoms with van der Waals surface area (Å²) >= 11 is 0. The van der Waals surface area contributed by atoms with Crippen molar-refractivity contribution >= 4 is 5.82 Å². The molecule has 0 saturated carbocycles. The standard InChI is InChI=1S/C24H28F2N6O/c1-23-5-6-24(2,31-23)12-16(11-23)32(8-7-25)22-4-3-20(29-30-22)18-9-19(26)17(10-21(18)33)15-13-27-28-14-15/h3-4,9-10,13-14,16,31,33H,5-8,11-12H2,1-2H3,(H,27,28)/t16-,23+,24-. The lowest BCUT2D eigenvalue weighted by Crippen LogP contribution is -2.59. The summed E-state index contributed by atoms with van der Waals surface area (Å²) in [6.45, 7) is 4.22. The molecule has 0 unspecified atom stereocenters. The summed E-state index contributed by atoms with van der Waals surface area (Å²) in [5.74, 6) is -0.0169. The number of phenolic OH excluding ortho intramolecular Hbond substituents is 1. The van der Waals surface area contributed by atoms with Gasteiger partial charge in [0.2, 0.25) is 0 Å². The first-order valence-corrected chi connectivity index (χ1v) is 11.3. The molecule has 2 aliphatic rings. The maximum atomic E-state index is 14.7. The first kappa shape index (κ1) is 21.8. The second-order valence-electron chi connectivity index (χ2n) is 9.80. The predicted molar refractivity (Wildman–Crippen MR) is 122 cm³/mol.